The van der Waals surface area contributed by atoms with Crippen LogP contribution in [0.15, 0.2) is 30.3 Å². The third kappa shape index (κ3) is 3.03. The van der Waals surface area contributed by atoms with Gasteiger partial charge in [-0.25, -0.2) is 0 Å². The van der Waals surface area contributed by atoms with Crippen molar-refractivity contribution in [2.75, 3.05) is 6.61 Å². The van der Waals surface area contributed by atoms with E-state index < -0.39 is 0 Å². The van der Waals surface area contributed by atoms with E-state index >= 15 is 0 Å². The van der Waals surface area contributed by atoms with E-state index in [0.29, 0.717) is 6.61 Å². The van der Waals surface area contributed by atoms with Gasteiger partial charge in [0.15, 0.2) is 0 Å². The molecular weight excluding hydrogens is 223 g/mol. The van der Waals surface area contributed by atoms with E-state index in [-0.39, 0.29) is 11.9 Å². The Morgan fingerprint density at radius 2 is 2.11 bits per heavy atom. The van der Waals surface area contributed by atoms with Crippen molar-refractivity contribution in [3.05, 3.63) is 35.9 Å². The first-order valence-electron chi connectivity index (χ1n) is 6.63. The van der Waals surface area contributed by atoms with Crippen LogP contribution in [0.1, 0.15) is 31.7 Å². The number of benzene rings is 1. The number of ether oxygens (including phenoxy) is 1. The normalized spacial score (nSPS) is 19.2. The van der Waals surface area contributed by atoms with Crippen molar-refractivity contribution in [3.8, 4) is 0 Å². The van der Waals surface area contributed by atoms with Crippen LogP contribution in [-0.4, -0.2) is 20.4 Å². The lowest BCUT2D eigenvalue weighted by molar-refractivity contribution is -0.148. The SMILES string of the molecule is Bc1ccc(C2=CCC(C(=O)OCC)CC2)cc1. The third-order valence-corrected chi connectivity index (χ3v) is 3.45. The van der Waals surface area contributed by atoms with Crippen molar-refractivity contribution in [3.63, 3.8) is 0 Å². The molecule has 3 heteroatoms. The molecule has 1 atom stereocenters. The minimum atomic E-state index is -0.0447. The van der Waals surface area contributed by atoms with Gasteiger partial charge in [0, 0.05) is 0 Å². The predicted molar refractivity (Wildman–Crippen MR) is 76.6 cm³/mol. The molecule has 1 aliphatic carbocycles. The van der Waals surface area contributed by atoms with Crippen molar-refractivity contribution in [2.45, 2.75) is 26.2 Å². The highest BCUT2D eigenvalue weighted by atomic mass is 16.5. The van der Waals surface area contributed by atoms with Gasteiger partial charge >= 0.3 is 5.97 Å². The van der Waals surface area contributed by atoms with Gasteiger partial charge in [0.25, 0.3) is 0 Å². The summed E-state index contributed by atoms with van der Waals surface area (Å²) in [7, 11) is 2.09. The zero-order valence-corrected chi connectivity index (χ0v) is 11.1. The lowest BCUT2D eigenvalue weighted by atomic mass is 9.85. The van der Waals surface area contributed by atoms with Gasteiger partial charge in [-0.15, -0.1) is 0 Å². The lowest BCUT2D eigenvalue weighted by Crippen LogP contribution is -2.19. The van der Waals surface area contributed by atoms with E-state index in [1.54, 1.807) is 0 Å². The number of hydrogen-bond acceptors (Lipinski definition) is 2. The molecule has 94 valence electrons. The molecule has 2 nitrogen and oxygen atoms in total. The van der Waals surface area contributed by atoms with Gasteiger partial charge in [-0.05, 0) is 37.3 Å². The molecule has 0 bridgehead atoms. The van der Waals surface area contributed by atoms with Crippen molar-refractivity contribution >= 4 is 24.9 Å². The largest absolute Gasteiger partial charge is 0.466 e. The van der Waals surface area contributed by atoms with Crippen LogP contribution < -0.4 is 5.46 Å². The smallest absolute Gasteiger partial charge is 0.309 e. The zero-order valence-electron chi connectivity index (χ0n) is 11.1. The Balaban J connectivity index is 2.02. The Kier molecular flexibility index (Phi) is 4.24. The van der Waals surface area contributed by atoms with Crippen molar-refractivity contribution in [2.24, 2.45) is 5.92 Å². The monoisotopic (exact) mass is 242 g/mol. The summed E-state index contributed by atoms with van der Waals surface area (Å²) in [5, 5.41) is 0. The number of esters is 1. The van der Waals surface area contributed by atoms with Gasteiger partial charge in [0.1, 0.15) is 7.85 Å². The van der Waals surface area contributed by atoms with Crippen molar-refractivity contribution in [1.29, 1.82) is 0 Å². The fourth-order valence-corrected chi connectivity index (χ4v) is 2.34. The van der Waals surface area contributed by atoms with Crippen LogP contribution in [0.2, 0.25) is 0 Å². The lowest BCUT2D eigenvalue weighted by Gasteiger charge is -2.20. The quantitative estimate of drug-likeness (QED) is 0.595. The number of hydrogen-bond donors (Lipinski definition) is 0. The molecule has 18 heavy (non-hydrogen) atoms. The fraction of sp³-hybridized carbons (Fsp3) is 0.400. The van der Waals surface area contributed by atoms with Crippen LogP contribution in [-0.2, 0) is 9.53 Å². The minimum Gasteiger partial charge on any atom is -0.466 e. The molecule has 0 heterocycles. The molecular formula is C15H19BO2. The Bertz CT molecular complexity index is 448. The summed E-state index contributed by atoms with van der Waals surface area (Å²) in [4.78, 5) is 11.6. The van der Waals surface area contributed by atoms with Crippen LogP contribution in [0.5, 0.6) is 0 Å². The number of allylic oxidation sites excluding steroid dienone is 2. The second kappa shape index (κ2) is 5.90. The maximum atomic E-state index is 11.6. The molecule has 1 aromatic carbocycles. The van der Waals surface area contributed by atoms with E-state index in [1.807, 2.05) is 6.92 Å². The standard InChI is InChI=1S/C15H19BO2/c1-2-18-15(17)13-5-3-11(4-6-13)12-7-9-14(16)10-8-12/h3,7-10,13H,2,4-6,16H2,1H3. The second-order valence-corrected chi connectivity index (χ2v) is 4.82. The first-order chi connectivity index (χ1) is 8.70. The first kappa shape index (κ1) is 12.9. The summed E-state index contributed by atoms with van der Waals surface area (Å²) < 4.78 is 5.07. The molecule has 1 unspecified atom stereocenters. The van der Waals surface area contributed by atoms with Crippen LogP contribution >= 0.6 is 0 Å². The van der Waals surface area contributed by atoms with Crippen molar-refractivity contribution in [1.82, 2.24) is 0 Å². The molecule has 1 aromatic rings. The summed E-state index contributed by atoms with van der Waals surface area (Å²) in [5.41, 5.74) is 3.91. The average Bonchev–Trinajstić information content (AvgIpc) is 2.40. The maximum Gasteiger partial charge on any atom is 0.309 e. The van der Waals surface area contributed by atoms with E-state index in [1.165, 1.54) is 16.6 Å². The maximum absolute atomic E-state index is 11.6. The van der Waals surface area contributed by atoms with E-state index in [4.69, 9.17) is 4.74 Å². The van der Waals surface area contributed by atoms with Gasteiger partial charge in [-0.2, -0.15) is 0 Å². The Hall–Kier alpha value is -1.51. The first-order valence-corrected chi connectivity index (χ1v) is 6.63. The molecule has 0 N–H and O–H groups in total. The molecule has 1 aliphatic rings. The van der Waals surface area contributed by atoms with E-state index in [9.17, 15) is 4.79 Å². The zero-order chi connectivity index (χ0) is 13.0. The highest BCUT2D eigenvalue weighted by Crippen LogP contribution is 2.30. The Morgan fingerprint density at radius 1 is 1.39 bits per heavy atom. The predicted octanol–water partition coefficient (Wildman–Crippen LogP) is 1.69. The molecule has 0 amide bonds. The summed E-state index contributed by atoms with van der Waals surface area (Å²) in [5.74, 6) is 0.0101. The van der Waals surface area contributed by atoms with E-state index in [2.05, 4.69) is 38.2 Å². The van der Waals surface area contributed by atoms with Gasteiger partial charge in [0.2, 0.25) is 0 Å². The molecule has 0 saturated heterocycles. The van der Waals surface area contributed by atoms with E-state index in [0.717, 1.165) is 19.3 Å². The summed E-state index contributed by atoms with van der Waals surface area (Å²) in [6.07, 6.45) is 4.86. The molecule has 0 fully saturated rings. The van der Waals surface area contributed by atoms with Gasteiger partial charge in [0.05, 0.1) is 12.5 Å². The molecule has 0 radical (unpaired) electrons. The fourth-order valence-electron chi connectivity index (χ4n) is 2.34. The average molecular weight is 242 g/mol. The molecule has 0 aliphatic heterocycles. The highest BCUT2D eigenvalue weighted by molar-refractivity contribution is 6.32. The van der Waals surface area contributed by atoms with Crippen LogP contribution in [0.3, 0.4) is 0 Å². The van der Waals surface area contributed by atoms with Gasteiger partial charge < -0.3 is 4.74 Å². The Labute approximate surface area is 109 Å². The molecule has 0 saturated carbocycles. The highest BCUT2D eigenvalue weighted by Gasteiger charge is 2.22. The molecule has 2 rings (SSSR count). The number of carbonyl (C=O) groups is 1. The third-order valence-electron chi connectivity index (χ3n) is 3.45. The summed E-state index contributed by atoms with van der Waals surface area (Å²) >= 11 is 0. The molecule has 0 aromatic heterocycles. The minimum absolute atomic E-state index is 0.0447. The van der Waals surface area contributed by atoms with Crippen LogP contribution in [0.25, 0.3) is 5.57 Å². The second-order valence-electron chi connectivity index (χ2n) is 4.82. The molecule has 0 spiro atoms. The summed E-state index contributed by atoms with van der Waals surface area (Å²) in [6, 6.07) is 8.58. The Morgan fingerprint density at radius 3 is 2.67 bits per heavy atom. The number of rotatable bonds is 3. The number of carbonyl (C=O) groups excluding carboxylic acids is 1. The van der Waals surface area contributed by atoms with Crippen LogP contribution in [0.4, 0.5) is 0 Å². The summed E-state index contributed by atoms with van der Waals surface area (Å²) in [6.45, 7) is 2.33. The van der Waals surface area contributed by atoms with Crippen molar-refractivity contribution < 1.29 is 9.53 Å². The topological polar surface area (TPSA) is 26.3 Å². The van der Waals surface area contributed by atoms with Gasteiger partial charge in [-0.1, -0.05) is 35.8 Å². The van der Waals surface area contributed by atoms with Gasteiger partial charge in [-0.3, -0.25) is 4.79 Å². The van der Waals surface area contributed by atoms with Crippen LogP contribution in [0, 0.1) is 5.92 Å².